The number of anilines is 1. The number of hydrogen-bond donors (Lipinski definition) is 1. The highest BCUT2D eigenvalue weighted by molar-refractivity contribution is 6.08. The van der Waals surface area contributed by atoms with Gasteiger partial charge in [0, 0.05) is 37.9 Å². The fourth-order valence-corrected chi connectivity index (χ4v) is 4.72. The van der Waals surface area contributed by atoms with Crippen LogP contribution in [0.5, 0.6) is 23.0 Å². The molecule has 11 heteroatoms. The highest BCUT2D eigenvalue weighted by Gasteiger charge is 2.43. The largest absolute Gasteiger partial charge is 0.497 e. The van der Waals surface area contributed by atoms with Gasteiger partial charge in [0.2, 0.25) is 17.6 Å². The standard InChI is InChI=1S/C27H34N4O7/c1-6-38-26(33)22-23(17-14-20(35-3)24(37-5)21(15-17)36-4)28-27(29-25(22)32)31-12-10-30(11-13-31)18-8-7-9-19(16-18)34-2/h7-9,14-16,22-23H,6,10-13H2,1-5H3,(H,28,29,32)/t22-,23+/m1/s1. The second kappa shape index (κ2) is 11.9. The Hall–Kier alpha value is -4.15. The van der Waals surface area contributed by atoms with Crippen molar-refractivity contribution in [3.05, 3.63) is 42.0 Å². The van der Waals surface area contributed by atoms with Gasteiger partial charge in [-0.05, 0) is 36.8 Å². The Bertz CT molecular complexity index is 1170. The van der Waals surface area contributed by atoms with Gasteiger partial charge < -0.3 is 33.5 Å². The van der Waals surface area contributed by atoms with E-state index in [1.807, 2.05) is 29.2 Å². The first-order valence-electron chi connectivity index (χ1n) is 12.4. The molecule has 1 amide bonds. The molecule has 2 aromatic carbocycles. The first-order valence-corrected chi connectivity index (χ1v) is 12.4. The first kappa shape index (κ1) is 26.9. The van der Waals surface area contributed by atoms with Crippen molar-refractivity contribution in [2.45, 2.75) is 13.0 Å². The van der Waals surface area contributed by atoms with Gasteiger partial charge in [-0.3, -0.25) is 14.9 Å². The summed E-state index contributed by atoms with van der Waals surface area (Å²) in [5.74, 6) is 0.144. The molecule has 1 N–H and O–H groups in total. The average molecular weight is 527 g/mol. The summed E-state index contributed by atoms with van der Waals surface area (Å²) in [5.41, 5.74) is 1.64. The molecule has 11 nitrogen and oxygen atoms in total. The van der Waals surface area contributed by atoms with E-state index >= 15 is 0 Å². The summed E-state index contributed by atoms with van der Waals surface area (Å²) >= 11 is 0. The molecule has 1 saturated heterocycles. The number of ether oxygens (including phenoxy) is 5. The summed E-state index contributed by atoms with van der Waals surface area (Å²) in [6, 6.07) is 10.5. The Labute approximate surface area is 222 Å². The molecule has 2 aromatic rings. The molecule has 2 aliphatic heterocycles. The first-order chi connectivity index (χ1) is 18.4. The molecule has 4 rings (SSSR count). The summed E-state index contributed by atoms with van der Waals surface area (Å²) in [5, 5.41) is 2.84. The zero-order valence-corrected chi connectivity index (χ0v) is 22.4. The van der Waals surface area contributed by atoms with Crippen molar-refractivity contribution in [2.75, 3.05) is 66.1 Å². The Kier molecular flexibility index (Phi) is 8.45. The number of carbonyl (C=O) groups is 2. The van der Waals surface area contributed by atoms with E-state index in [1.165, 1.54) is 21.3 Å². The summed E-state index contributed by atoms with van der Waals surface area (Å²) < 4.78 is 27.0. The van der Waals surface area contributed by atoms with Gasteiger partial charge in [0.1, 0.15) is 11.8 Å². The van der Waals surface area contributed by atoms with Crippen molar-refractivity contribution in [1.82, 2.24) is 10.2 Å². The zero-order chi connectivity index (χ0) is 27.2. The van der Waals surface area contributed by atoms with Gasteiger partial charge >= 0.3 is 5.97 Å². The van der Waals surface area contributed by atoms with Crippen LogP contribution in [0.4, 0.5) is 5.69 Å². The predicted molar refractivity (Wildman–Crippen MR) is 141 cm³/mol. The molecule has 204 valence electrons. The van der Waals surface area contributed by atoms with E-state index in [1.54, 1.807) is 26.2 Å². The van der Waals surface area contributed by atoms with Crippen LogP contribution in [0, 0.1) is 5.92 Å². The van der Waals surface area contributed by atoms with Gasteiger partial charge in [-0.25, -0.2) is 4.99 Å². The van der Waals surface area contributed by atoms with Crippen molar-refractivity contribution < 1.29 is 33.3 Å². The minimum absolute atomic E-state index is 0.146. The van der Waals surface area contributed by atoms with E-state index in [9.17, 15) is 9.59 Å². The minimum Gasteiger partial charge on any atom is -0.497 e. The van der Waals surface area contributed by atoms with Crippen LogP contribution < -0.4 is 29.2 Å². The number of piperazine rings is 1. The average Bonchev–Trinajstić information content (AvgIpc) is 2.96. The fourth-order valence-electron chi connectivity index (χ4n) is 4.72. The topological polar surface area (TPSA) is 111 Å². The number of esters is 1. The number of methoxy groups -OCH3 is 4. The minimum atomic E-state index is -1.17. The SMILES string of the molecule is CCOC(=O)[C@H]1C(=O)NC(N2CCN(c3cccc(OC)c3)CC2)=N[C@H]1c1cc(OC)c(OC)c(OC)c1. The monoisotopic (exact) mass is 526 g/mol. The molecule has 2 atom stereocenters. The Balaban J connectivity index is 1.64. The number of nitrogens with zero attached hydrogens (tertiary/aromatic N) is 3. The Morgan fingerprint density at radius 1 is 0.947 bits per heavy atom. The molecular weight excluding hydrogens is 492 g/mol. The summed E-state index contributed by atoms with van der Waals surface area (Å²) in [7, 11) is 6.17. The molecule has 0 unspecified atom stereocenters. The van der Waals surface area contributed by atoms with Crippen LogP contribution in [-0.2, 0) is 14.3 Å². The predicted octanol–water partition coefficient (Wildman–Crippen LogP) is 2.25. The lowest BCUT2D eigenvalue weighted by molar-refractivity contribution is -0.153. The van der Waals surface area contributed by atoms with E-state index in [-0.39, 0.29) is 6.61 Å². The highest BCUT2D eigenvalue weighted by atomic mass is 16.5. The van der Waals surface area contributed by atoms with Crippen molar-refractivity contribution in [3.8, 4) is 23.0 Å². The molecule has 2 heterocycles. The van der Waals surface area contributed by atoms with E-state index in [0.29, 0.717) is 41.9 Å². The third-order valence-electron chi connectivity index (χ3n) is 6.66. The molecule has 0 saturated carbocycles. The van der Waals surface area contributed by atoms with Gasteiger partial charge in [0.25, 0.3) is 0 Å². The molecule has 0 aromatic heterocycles. The molecule has 38 heavy (non-hydrogen) atoms. The van der Waals surface area contributed by atoms with Crippen molar-refractivity contribution >= 4 is 23.5 Å². The lowest BCUT2D eigenvalue weighted by Crippen LogP contribution is -2.57. The molecule has 2 aliphatic rings. The quantitative estimate of drug-likeness (QED) is 0.409. The third-order valence-corrected chi connectivity index (χ3v) is 6.66. The van der Waals surface area contributed by atoms with Crippen LogP contribution in [-0.4, -0.2) is 84.0 Å². The summed E-state index contributed by atoms with van der Waals surface area (Å²) in [6.07, 6.45) is 0. The number of rotatable bonds is 8. The normalized spacial score (nSPS) is 19.3. The lowest BCUT2D eigenvalue weighted by atomic mass is 9.90. The van der Waals surface area contributed by atoms with Crippen LogP contribution >= 0.6 is 0 Å². The second-order valence-corrected chi connectivity index (χ2v) is 8.75. The van der Waals surface area contributed by atoms with Crippen molar-refractivity contribution in [3.63, 3.8) is 0 Å². The maximum absolute atomic E-state index is 13.3. The number of guanidine groups is 1. The van der Waals surface area contributed by atoms with Crippen LogP contribution in [0.1, 0.15) is 18.5 Å². The van der Waals surface area contributed by atoms with Crippen LogP contribution in [0.2, 0.25) is 0 Å². The molecular formula is C27H34N4O7. The van der Waals surface area contributed by atoms with Gasteiger partial charge in [-0.15, -0.1) is 0 Å². The molecule has 1 fully saturated rings. The molecule has 0 spiro atoms. The molecule has 0 aliphatic carbocycles. The number of carbonyl (C=O) groups excluding carboxylic acids is 2. The molecule has 0 bridgehead atoms. The van der Waals surface area contributed by atoms with E-state index in [0.717, 1.165) is 24.5 Å². The summed E-state index contributed by atoms with van der Waals surface area (Å²) in [4.78, 5) is 35.3. The number of amides is 1. The van der Waals surface area contributed by atoms with Gasteiger partial charge in [-0.2, -0.15) is 0 Å². The number of aliphatic imine (C=N–C) groups is 1. The van der Waals surface area contributed by atoms with Crippen molar-refractivity contribution in [2.24, 2.45) is 10.9 Å². The number of benzene rings is 2. The second-order valence-electron chi connectivity index (χ2n) is 8.75. The zero-order valence-electron chi connectivity index (χ0n) is 22.4. The maximum Gasteiger partial charge on any atom is 0.321 e. The van der Waals surface area contributed by atoms with Gasteiger partial charge in [0.05, 0.1) is 35.0 Å². The van der Waals surface area contributed by atoms with Gasteiger partial charge in [-0.1, -0.05) is 6.07 Å². The van der Waals surface area contributed by atoms with E-state index in [2.05, 4.69) is 10.2 Å². The van der Waals surface area contributed by atoms with Gasteiger partial charge in [0.15, 0.2) is 17.4 Å². The fraction of sp³-hybridized carbons (Fsp3) is 0.444. The third kappa shape index (κ3) is 5.41. The van der Waals surface area contributed by atoms with Crippen LogP contribution in [0.25, 0.3) is 0 Å². The van der Waals surface area contributed by atoms with E-state index in [4.69, 9.17) is 28.7 Å². The summed E-state index contributed by atoms with van der Waals surface area (Å²) in [6.45, 7) is 4.54. The molecule has 0 radical (unpaired) electrons. The van der Waals surface area contributed by atoms with E-state index < -0.39 is 23.8 Å². The smallest absolute Gasteiger partial charge is 0.321 e. The Morgan fingerprint density at radius 2 is 1.61 bits per heavy atom. The highest BCUT2D eigenvalue weighted by Crippen LogP contribution is 2.42. The number of nitrogens with one attached hydrogen (secondary N) is 1. The van der Waals surface area contributed by atoms with Crippen LogP contribution in [0.3, 0.4) is 0 Å². The lowest BCUT2D eigenvalue weighted by Gasteiger charge is -2.39. The Morgan fingerprint density at radius 3 is 2.18 bits per heavy atom. The maximum atomic E-state index is 13.3. The van der Waals surface area contributed by atoms with Crippen molar-refractivity contribution in [1.29, 1.82) is 0 Å². The van der Waals surface area contributed by atoms with Crippen LogP contribution in [0.15, 0.2) is 41.4 Å². The number of hydrogen-bond acceptors (Lipinski definition) is 10.